The molecule has 2 fully saturated rings. The molecule has 1 heterocycles. The summed E-state index contributed by atoms with van der Waals surface area (Å²) in [6.07, 6.45) is 3.85. The van der Waals surface area contributed by atoms with E-state index in [2.05, 4.69) is 10.2 Å². The van der Waals surface area contributed by atoms with Crippen molar-refractivity contribution >= 4 is 11.8 Å². The molecule has 7 nitrogen and oxygen atoms in total. The maximum Gasteiger partial charge on any atom is 0.234 e. The predicted molar refractivity (Wildman–Crippen MR) is 87.8 cm³/mol. The molecular weight excluding hydrogens is 296 g/mol. The zero-order valence-electron chi connectivity index (χ0n) is 14.1. The lowest BCUT2D eigenvalue weighted by Gasteiger charge is -2.35. The number of hydrogen-bond donors (Lipinski definition) is 2. The Morgan fingerprint density at radius 3 is 2.57 bits per heavy atom. The Hall–Kier alpha value is -1.18. The third kappa shape index (κ3) is 5.75. The molecule has 132 valence electrons. The summed E-state index contributed by atoms with van der Waals surface area (Å²) in [5, 5.41) is 2.82. The maximum atomic E-state index is 12.4. The van der Waals surface area contributed by atoms with Crippen LogP contribution in [0.5, 0.6) is 0 Å². The molecule has 0 spiro atoms. The summed E-state index contributed by atoms with van der Waals surface area (Å²) in [6, 6.07) is 0.191. The molecule has 1 aliphatic heterocycles. The van der Waals surface area contributed by atoms with Crippen molar-refractivity contribution < 1.29 is 14.3 Å². The number of methoxy groups -OCH3 is 1. The maximum absolute atomic E-state index is 12.4. The van der Waals surface area contributed by atoms with Gasteiger partial charge < -0.3 is 20.7 Å². The first-order valence-corrected chi connectivity index (χ1v) is 8.61. The smallest absolute Gasteiger partial charge is 0.234 e. The van der Waals surface area contributed by atoms with E-state index in [0.29, 0.717) is 45.1 Å². The van der Waals surface area contributed by atoms with Gasteiger partial charge in [-0.1, -0.05) is 6.42 Å². The average molecular weight is 326 g/mol. The van der Waals surface area contributed by atoms with Gasteiger partial charge in [0.15, 0.2) is 0 Å². The summed E-state index contributed by atoms with van der Waals surface area (Å²) >= 11 is 0. The van der Waals surface area contributed by atoms with Crippen LogP contribution in [0.2, 0.25) is 0 Å². The molecule has 0 unspecified atom stereocenters. The highest BCUT2D eigenvalue weighted by Crippen LogP contribution is 2.27. The number of ether oxygens (including phenoxy) is 1. The minimum Gasteiger partial charge on any atom is -0.383 e. The molecule has 1 saturated carbocycles. The summed E-state index contributed by atoms with van der Waals surface area (Å²) in [5.74, 6) is 0.586. The van der Waals surface area contributed by atoms with Gasteiger partial charge in [-0.2, -0.15) is 0 Å². The van der Waals surface area contributed by atoms with Gasteiger partial charge in [-0.3, -0.25) is 14.5 Å². The standard InChI is InChI=1S/C16H30N4O3/c1-23-10-5-18-15(21)12-19-6-8-20(9-7-19)16(22)11-13-3-2-4-14(13)17/h13-14H,2-12,17H2,1H3,(H,18,21)/t13-,14+/m0/s1. The summed E-state index contributed by atoms with van der Waals surface area (Å²) in [6.45, 7) is 4.35. The molecule has 0 radical (unpaired) electrons. The monoisotopic (exact) mass is 326 g/mol. The Balaban J connectivity index is 1.65. The fourth-order valence-electron chi connectivity index (χ4n) is 3.38. The fraction of sp³-hybridized carbons (Fsp3) is 0.875. The lowest BCUT2D eigenvalue weighted by Crippen LogP contribution is -2.51. The molecule has 2 rings (SSSR count). The summed E-state index contributed by atoms with van der Waals surface area (Å²) in [7, 11) is 1.61. The Morgan fingerprint density at radius 1 is 1.22 bits per heavy atom. The second-order valence-corrected chi connectivity index (χ2v) is 6.56. The van der Waals surface area contributed by atoms with Gasteiger partial charge in [0.1, 0.15) is 0 Å². The second-order valence-electron chi connectivity index (χ2n) is 6.56. The molecule has 0 bridgehead atoms. The zero-order valence-corrected chi connectivity index (χ0v) is 14.1. The van der Waals surface area contributed by atoms with Gasteiger partial charge in [0, 0.05) is 52.3 Å². The van der Waals surface area contributed by atoms with Gasteiger partial charge in [0.05, 0.1) is 13.2 Å². The van der Waals surface area contributed by atoms with Crippen LogP contribution in [0, 0.1) is 5.92 Å². The molecule has 7 heteroatoms. The van der Waals surface area contributed by atoms with Gasteiger partial charge in [-0.25, -0.2) is 0 Å². The highest BCUT2D eigenvalue weighted by atomic mass is 16.5. The Bertz CT molecular complexity index is 397. The predicted octanol–water partition coefficient (Wildman–Crippen LogP) is -0.589. The minimum atomic E-state index is 0.0127. The molecule has 23 heavy (non-hydrogen) atoms. The van der Waals surface area contributed by atoms with E-state index in [1.165, 1.54) is 0 Å². The normalized spacial score (nSPS) is 25.6. The quantitative estimate of drug-likeness (QED) is 0.611. The van der Waals surface area contributed by atoms with Crippen LogP contribution in [0.25, 0.3) is 0 Å². The van der Waals surface area contributed by atoms with Crippen molar-refractivity contribution in [2.75, 3.05) is 53.0 Å². The van der Waals surface area contributed by atoms with Gasteiger partial charge in [-0.15, -0.1) is 0 Å². The topological polar surface area (TPSA) is 87.9 Å². The molecular formula is C16H30N4O3. The number of carbonyl (C=O) groups excluding carboxylic acids is 2. The van der Waals surface area contributed by atoms with E-state index in [9.17, 15) is 9.59 Å². The SMILES string of the molecule is COCCNC(=O)CN1CCN(C(=O)C[C@@H]2CCC[C@H]2N)CC1. The lowest BCUT2D eigenvalue weighted by molar-refractivity contribution is -0.134. The van der Waals surface area contributed by atoms with Crippen LogP contribution in [-0.4, -0.2) is 80.6 Å². The van der Waals surface area contributed by atoms with Crippen LogP contribution in [0.4, 0.5) is 0 Å². The Morgan fingerprint density at radius 2 is 1.96 bits per heavy atom. The number of amides is 2. The second kappa shape index (κ2) is 9.20. The third-order valence-electron chi connectivity index (χ3n) is 4.88. The van der Waals surface area contributed by atoms with Crippen molar-refractivity contribution in [3.05, 3.63) is 0 Å². The fourth-order valence-corrected chi connectivity index (χ4v) is 3.38. The van der Waals surface area contributed by atoms with E-state index < -0.39 is 0 Å². The number of nitrogens with zero attached hydrogens (tertiary/aromatic N) is 2. The van der Waals surface area contributed by atoms with E-state index in [1.807, 2.05) is 4.90 Å². The third-order valence-corrected chi connectivity index (χ3v) is 4.88. The van der Waals surface area contributed by atoms with Gasteiger partial charge in [-0.05, 0) is 18.8 Å². The molecule has 0 aromatic carbocycles. The molecule has 2 atom stereocenters. The van der Waals surface area contributed by atoms with Crippen molar-refractivity contribution in [3.8, 4) is 0 Å². The molecule has 1 saturated heterocycles. The first kappa shape index (κ1) is 18.2. The van der Waals surface area contributed by atoms with Crippen LogP contribution in [-0.2, 0) is 14.3 Å². The van der Waals surface area contributed by atoms with Crippen LogP contribution in [0.3, 0.4) is 0 Å². The number of piperazine rings is 1. The number of hydrogen-bond acceptors (Lipinski definition) is 5. The number of nitrogens with two attached hydrogens (primary N) is 1. The first-order valence-electron chi connectivity index (χ1n) is 8.61. The van der Waals surface area contributed by atoms with E-state index >= 15 is 0 Å². The highest BCUT2D eigenvalue weighted by Gasteiger charge is 2.29. The number of nitrogens with one attached hydrogen (secondary N) is 1. The van der Waals surface area contributed by atoms with Gasteiger partial charge in [0.25, 0.3) is 0 Å². The van der Waals surface area contributed by atoms with Crippen molar-refractivity contribution in [1.29, 1.82) is 0 Å². The molecule has 0 aromatic heterocycles. The average Bonchev–Trinajstić information content (AvgIpc) is 2.93. The summed E-state index contributed by atoms with van der Waals surface area (Å²) < 4.78 is 4.90. The van der Waals surface area contributed by atoms with E-state index in [1.54, 1.807) is 7.11 Å². The van der Waals surface area contributed by atoms with Gasteiger partial charge >= 0.3 is 0 Å². The van der Waals surface area contributed by atoms with E-state index in [-0.39, 0.29) is 17.9 Å². The van der Waals surface area contributed by atoms with Crippen LogP contribution < -0.4 is 11.1 Å². The van der Waals surface area contributed by atoms with Crippen molar-refractivity contribution in [1.82, 2.24) is 15.1 Å². The number of rotatable bonds is 7. The first-order chi connectivity index (χ1) is 11.1. The van der Waals surface area contributed by atoms with Crippen LogP contribution >= 0.6 is 0 Å². The Kier molecular flexibility index (Phi) is 7.26. The number of carbonyl (C=O) groups is 2. The van der Waals surface area contributed by atoms with Crippen molar-refractivity contribution in [3.63, 3.8) is 0 Å². The minimum absolute atomic E-state index is 0.0127. The summed E-state index contributed by atoms with van der Waals surface area (Å²) in [4.78, 5) is 28.1. The van der Waals surface area contributed by atoms with Crippen LogP contribution in [0.15, 0.2) is 0 Å². The van der Waals surface area contributed by atoms with Gasteiger partial charge in [0.2, 0.25) is 11.8 Å². The zero-order chi connectivity index (χ0) is 16.7. The molecule has 2 aliphatic rings. The molecule has 0 aromatic rings. The van der Waals surface area contributed by atoms with Crippen molar-refractivity contribution in [2.45, 2.75) is 31.7 Å². The molecule has 1 aliphatic carbocycles. The van der Waals surface area contributed by atoms with Crippen LogP contribution in [0.1, 0.15) is 25.7 Å². The molecule has 2 amide bonds. The summed E-state index contributed by atoms with van der Waals surface area (Å²) in [5.41, 5.74) is 6.05. The largest absolute Gasteiger partial charge is 0.383 e. The van der Waals surface area contributed by atoms with E-state index in [0.717, 1.165) is 32.4 Å². The molecule has 3 N–H and O–H groups in total. The Labute approximate surface area is 138 Å². The van der Waals surface area contributed by atoms with Crippen molar-refractivity contribution in [2.24, 2.45) is 11.7 Å². The lowest BCUT2D eigenvalue weighted by atomic mass is 9.99. The highest BCUT2D eigenvalue weighted by molar-refractivity contribution is 5.78. The van der Waals surface area contributed by atoms with E-state index in [4.69, 9.17) is 10.5 Å².